The Balaban J connectivity index is 1.10. The highest BCUT2D eigenvalue weighted by molar-refractivity contribution is 6.34. The lowest BCUT2D eigenvalue weighted by Gasteiger charge is -2.32. The molecule has 1 atom stereocenters. The van der Waals surface area contributed by atoms with Crippen LogP contribution in [0.3, 0.4) is 0 Å². The van der Waals surface area contributed by atoms with Crippen LogP contribution in [0.1, 0.15) is 23.2 Å². The van der Waals surface area contributed by atoms with Crippen molar-refractivity contribution in [3.8, 4) is 23.1 Å². The van der Waals surface area contributed by atoms with E-state index in [2.05, 4.69) is 25.9 Å². The van der Waals surface area contributed by atoms with E-state index in [9.17, 15) is 14.0 Å². The smallest absolute Gasteiger partial charge is 0.309 e. The van der Waals surface area contributed by atoms with Gasteiger partial charge in [-0.3, -0.25) is 14.0 Å². The standard InChI is InChI=1S/C32H31Cl2FN8O4/c33-24-15-20(1-2-22(24)31(44)42-11-5-19(6-12-42)32(45)47-18-21-16-37-8-9-38-21)41-29-30-40-17-25(43(30)13-10-39-29)23-3-4-26(46-14-7-36)28(35)27(23)34/h1-4,10,13,15,17,19,21,37-38H,5-6,8-9,11-12,14,16,18H2,(H,39,41). The van der Waals surface area contributed by atoms with Gasteiger partial charge in [0.1, 0.15) is 12.7 Å². The molecule has 6 rings (SSSR count). The number of benzene rings is 2. The molecule has 0 saturated carbocycles. The molecular weight excluding hydrogens is 650 g/mol. The minimum Gasteiger partial charge on any atom is -0.476 e. The first-order valence-electron chi connectivity index (χ1n) is 15.1. The van der Waals surface area contributed by atoms with Crippen molar-refractivity contribution in [1.82, 2.24) is 29.9 Å². The molecule has 47 heavy (non-hydrogen) atoms. The van der Waals surface area contributed by atoms with Gasteiger partial charge in [0.15, 0.2) is 29.6 Å². The molecule has 2 fully saturated rings. The van der Waals surface area contributed by atoms with Crippen LogP contribution in [-0.4, -0.2) is 83.1 Å². The number of esters is 1. The molecule has 2 saturated heterocycles. The van der Waals surface area contributed by atoms with Gasteiger partial charge in [0.05, 0.1) is 39.5 Å². The van der Waals surface area contributed by atoms with Crippen molar-refractivity contribution in [2.24, 2.45) is 5.92 Å². The van der Waals surface area contributed by atoms with Gasteiger partial charge in [-0.25, -0.2) is 14.4 Å². The topological polar surface area (TPSA) is 146 Å². The van der Waals surface area contributed by atoms with Crippen molar-refractivity contribution in [2.45, 2.75) is 18.9 Å². The summed E-state index contributed by atoms with van der Waals surface area (Å²) >= 11 is 12.9. The van der Waals surface area contributed by atoms with E-state index in [0.29, 0.717) is 66.5 Å². The second-order valence-corrected chi connectivity index (χ2v) is 12.0. The Labute approximate surface area is 279 Å². The van der Waals surface area contributed by atoms with Gasteiger partial charge in [0.2, 0.25) is 0 Å². The number of hydrogen-bond donors (Lipinski definition) is 3. The molecule has 244 valence electrons. The summed E-state index contributed by atoms with van der Waals surface area (Å²) in [7, 11) is 0. The molecule has 1 unspecified atom stereocenters. The predicted molar refractivity (Wildman–Crippen MR) is 173 cm³/mol. The summed E-state index contributed by atoms with van der Waals surface area (Å²) in [5, 5.41) is 18.6. The molecule has 4 heterocycles. The van der Waals surface area contributed by atoms with Crippen molar-refractivity contribution >= 4 is 52.2 Å². The van der Waals surface area contributed by atoms with E-state index in [-0.39, 0.29) is 46.2 Å². The number of likely N-dealkylation sites (tertiary alicyclic amines) is 1. The largest absolute Gasteiger partial charge is 0.476 e. The summed E-state index contributed by atoms with van der Waals surface area (Å²) in [4.78, 5) is 36.5. The number of fused-ring (bicyclic) bond motifs is 1. The third-order valence-electron chi connectivity index (χ3n) is 8.17. The number of piperazine rings is 1. The molecule has 15 heteroatoms. The molecule has 12 nitrogen and oxygen atoms in total. The Hall–Kier alpha value is -4.48. The van der Waals surface area contributed by atoms with Gasteiger partial charge in [-0.2, -0.15) is 5.26 Å². The maximum absolute atomic E-state index is 14.8. The van der Waals surface area contributed by atoms with Gasteiger partial charge >= 0.3 is 5.97 Å². The number of nitrogens with zero attached hydrogens (tertiary/aromatic N) is 5. The molecule has 0 aliphatic carbocycles. The fourth-order valence-corrected chi connectivity index (χ4v) is 6.20. The second kappa shape index (κ2) is 14.5. The molecular formula is C32H31Cl2FN8O4. The highest BCUT2D eigenvalue weighted by Crippen LogP contribution is 2.36. The maximum Gasteiger partial charge on any atom is 0.309 e. The van der Waals surface area contributed by atoms with Crippen LogP contribution in [0.2, 0.25) is 10.0 Å². The highest BCUT2D eigenvalue weighted by Gasteiger charge is 2.30. The molecule has 2 aromatic carbocycles. The average molecular weight is 682 g/mol. The minimum atomic E-state index is -0.779. The Kier molecular flexibility index (Phi) is 10.0. The minimum absolute atomic E-state index is 0.112. The average Bonchev–Trinajstić information content (AvgIpc) is 3.53. The maximum atomic E-state index is 14.8. The third kappa shape index (κ3) is 7.11. The zero-order chi connectivity index (χ0) is 32.9. The number of amides is 1. The van der Waals surface area contributed by atoms with Crippen LogP contribution in [0.15, 0.2) is 48.9 Å². The number of rotatable bonds is 9. The first kappa shape index (κ1) is 32.5. The fraction of sp³-hybridized carbons (Fsp3) is 0.344. The number of nitrogens with one attached hydrogen (secondary N) is 3. The van der Waals surface area contributed by atoms with Crippen LogP contribution in [0.25, 0.3) is 16.9 Å². The van der Waals surface area contributed by atoms with Crippen LogP contribution in [0, 0.1) is 23.1 Å². The second-order valence-electron chi connectivity index (χ2n) is 11.2. The monoisotopic (exact) mass is 680 g/mol. The number of anilines is 2. The van der Waals surface area contributed by atoms with Crippen LogP contribution in [0.4, 0.5) is 15.9 Å². The molecule has 2 aliphatic rings. The summed E-state index contributed by atoms with van der Waals surface area (Å²) in [6.07, 6.45) is 5.81. The number of carbonyl (C=O) groups excluding carboxylic acids is 2. The van der Waals surface area contributed by atoms with Gasteiger partial charge < -0.3 is 30.3 Å². The van der Waals surface area contributed by atoms with Crippen LogP contribution >= 0.6 is 23.2 Å². The zero-order valence-corrected chi connectivity index (χ0v) is 26.7. The molecule has 2 aromatic heterocycles. The quantitative estimate of drug-likeness (QED) is 0.217. The number of imidazole rings is 1. The Morgan fingerprint density at radius 3 is 2.72 bits per heavy atom. The number of aromatic nitrogens is 3. The summed E-state index contributed by atoms with van der Waals surface area (Å²) < 4.78 is 27.2. The first-order chi connectivity index (χ1) is 22.8. The molecule has 0 radical (unpaired) electrons. The number of carbonyl (C=O) groups is 2. The van der Waals surface area contributed by atoms with E-state index in [1.54, 1.807) is 58.2 Å². The third-order valence-corrected chi connectivity index (χ3v) is 8.86. The van der Waals surface area contributed by atoms with Crippen molar-refractivity contribution in [2.75, 3.05) is 51.3 Å². The van der Waals surface area contributed by atoms with Crippen LogP contribution in [0.5, 0.6) is 5.75 Å². The lowest BCUT2D eigenvalue weighted by atomic mass is 9.96. The molecule has 0 spiro atoms. The van der Waals surface area contributed by atoms with Gasteiger partial charge in [-0.1, -0.05) is 23.2 Å². The van der Waals surface area contributed by atoms with Crippen molar-refractivity contribution in [1.29, 1.82) is 5.26 Å². The lowest BCUT2D eigenvalue weighted by molar-refractivity contribution is -0.150. The normalized spacial score (nSPS) is 16.9. The Bertz CT molecular complexity index is 1830. The number of hydrogen-bond acceptors (Lipinski definition) is 10. The van der Waals surface area contributed by atoms with Crippen LogP contribution < -0.4 is 20.7 Å². The summed E-state index contributed by atoms with van der Waals surface area (Å²) in [6.45, 7) is 3.39. The number of ether oxygens (including phenoxy) is 2. The van der Waals surface area contributed by atoms with E-state index in [1.807, 2.05) is 0 Å². The molecule has 3 N–H and O–H groups in total. The molecule has 0 bridgehead atoms. The molecule has 4 aromatic rings. The van der Waals surface area contributed by atoms with Crippen LogP contribution in [-0.2, 0) is 9.53 Å². The van der Waals surface area contributed by atoms with Gasteiger partial charge in [-0.15, -0.1) is 0 Å². The molecule has 1 amide bonds. The van der Waals surface area contributed by atoms with Gasteiger partial charge in [-0.05, 0) is 43.2 Å². The van der Waals surface area contributed by atoms with E-state index in [4.69, 9.17) is 37.9 Å². The first-order valence-corrected chi connectivity index (χ1v) is 15.9. The van der Waals surface area contributed by atoms with E-state index in [0.717, 1.165) is 19.6 Å². The number of piperidine rings is 1. The zero-order valence-electron chi connectivity index (χ0n) is 25.1. The lowest BCUT2D eigenvalue weighted by Crippen LogP contribution is -2.51. The Morgan fingerprint density at radius 2 is 1.98 bits per heavy atom. The fourth-order valence-electron chi connectivity index (χ4n) is 5.68. The highest BCUT2D eigenvalue weighted by atomic mass is 35.5. The summed E-state index contributed by atoms with van der Waals surface area (Å²) in [5.41, 5.74) is 2.24. The Morgan fingerprint density at radius 1 is 1.15 bits per heavy atom. The van der Waals surface area contributed by atoms with Crippen molar-refractivity contribution in [3.05, 3.63) is 70.3 Å². The van der Waals surface area contributed by atoms with E-state index >= 15 is 0 Å². The van der Waals surface area contributed by atoms with Gasteiger partial charge in [0, 0.05) is 56.4 Å². The van der Waals surface area contributed by atoms with E-state index in [1.165, 1.54) is 6.07 Å². The summed E-state index contributed by atoms with van der Waals surface area (Å²) in [6, 6.07) is 9.90. The number of nitriles is 1. The molecule has 2 aliphatic heterocycles. The predicted octanol–water partition coefficient (Wildman–Crippen LogP) is 4.44. The van der Waals surface area contributed by atoms with Crippen molar-refractivity contribution in [3.63, 3.8) is 0 Å². The summed E-state index contributed by atoms with van der Waals surface area (Å²) in [5.74, 6) is -1.18. The van der Waals surface area contributed by atoms with E-state index < -0.39 is 5.82 Å². The number of halogens is 3. The van der Waals surface area contributed by atoms with Gasteiger partial charge in [0.25, 0.3) is 5.91 Å². The SMILES string of the molecule is N#CCOc1ccc(-c2cnc3c(Nc4ccc(C(=O)N5CCC(C(=O)OCC6CNCCN6)CC5)c(Cl)c4)nccn23)c(Cl)c1F. The van der Waals surface area contributed by atoms with Crippen molar-refractivity contribution < 1.29 is 23.5 Å².